The summed E-state index contributed by atoms with van der Waals surface area (Å²) in [5.74, 6) is 0. The van der Waals surface area contributed by atoms with Crippen LogP contribution in [0.2, 0.25) is 0 Å². The highest BCUT2D eigenvalue weighted by Crippen LogP contribution is 1.68. The summed E-state index contributed by atoms with van der Waals surface area (Å²) in [5, 5.41) is 0. The average molecular weight is 97.1 g/mol. The maximum absolute atomic E-state index is 2.89. The molecule has 0 aliphatic carbocycles. The summed E-state index contributed by atoms with van der Waals surface area (Å²) in [6.45, 7) is 0. The summed E-state index contributed by atoms with van der Waals surface area (Å²) >= 11 is 0. The first kappa shape index (κ1) is 6.11. The molecule has 0 spiro atoms. The minimum Gasteiger partial charge on any atom is -0.344 e. The molecule has 0 aliphatic rings. The Kier molecular flexibility index (Phi) is 2.89. The van der Waals surface area contributed by atoms with E-state index in [1.54, 1.807) is 0 Å². The van der Waals surface area contributed by atoms with Crippen LogP contribution in [0.1, 0.15) is 0 Å². The number of rotatable bonds is 0. The summed E-state index contributed by atoms with van der Waals surface area (Å²) in [5.41, 5.74) is 0. The molecule has 0 saturated carbocycles. The molecule has 0 atom stereocenters. The van der Waals surface area contributed by atoms with Crippen molar-refractivity contribution < 1.29 is 4.98 Å². The summed E-state index contributed by atoms with van der Waals surface area (Å²) in [6.07, 6.45) is 3.75. The Morgan fingerprint density at radius 2 is 1.43 bits per heavy atom. The number of aromatic nitrogens is 1. The topological polar surface area (TPSA) is 49.1 Å². The van der Waals surface area contributed by atoms with Gasteiger partial charge in [0, 0.05) is 12.1 Å². The molecular weight excluding hydrogens is 88.1 g/mol. The van der Waals surface area contributed by atoms with Crippen LogP contribution in [0.3, 0.4) is 0 Å². The summed E-state index contributed by atoms with van der Waals surface area (Å²) in [4.78, 5) is 2.89. The van der Waals surface area contributed by atoms with Gasteiger partial charge < -0.3 is 6.15 Å². The van der Waals surface area contributed by atoms with Crippen molar-refractivity contribution in [3.63, 3.8) is 0 Å². The Hall–Kier alpha value is -0.890. The monoisotopic (exact) mass is 97.1 g/mol. The van der Waals surface area contributed by atoms with Crippen LogP contribution in [0.15, 0.2) is 30.6 Å². The van der Waals surface area contributed by atoms with Gasteiger partial charge in [0.15, 0.2) is 12.4 Å². The van der Waals surface area contributed by atoms with Crippen LogP contribution in [0.5, 0.6) is 0 Å². The Balaban J connectivity index is 0.000000360. The van der Waals surface area contributed by atoms with Gasteiger partial charge in [-0.3, -0.25) is 0 Å². The molecule has 0 aliphatic heterocycles. The molecule has 0 amide bonds. The third kappa shape index (κ3) is 1.89. The predicted molar refractivity (Wildman–Crippen MR) is 28.0 cm³/mol. The highest BCUT2D eigenvalue weighted by molar-refractivity contribution is 4.82. The second-order valence-corrected chi connectivity index (χ2v) is 1.08. The van der Waals surface area contributed by atoms with Gasteiger partial charge in [0.1, 0.15) is 0 Å². The van der Waals surface area contributed by atoms with E-state index in [2.05, 4.69) is 4.98 Å². The van der Waals surface area contributed by atoms with Crippen LogP contribution in [-0.4, -0.2) is 0 Å². The van der Waals surface area contributed by atoms with Crippen LogP contribution in [0.25, 0.3) is 0 Å². The van der Waals surface area contributed by atoms with Crippen molar-refractivity contribution in [2.75, 3.05) is 0 Å². The van der Waals surface area contributed by atoms with Crippen molar-refractivity contribution in [1.29, 1.82) is 0 Å². The first-order valence-electron chi connectivity index (χ1n) is 1.91. The van der Waals surface area contributed by atoms with E-state index in [1.165, 1.54) is 0 Å². The molecule has 0 saturated heterocycles. The first-order valence-corrected chi connectivity index (χ1v) is 1.91. The fraction of sp³-hybridized carbons (Fsp3) is 0. The van der Waals surface area contributed by atoms with Gasteiger partial charge >= 0.3 is 0 Å². The second-order valence-electron chi connectivity index (χ2n) is 1.08. The van der Waals surface area contributed by atoms with E-state index < -0.39 is 0 Å². The molecule has 0 radical (unpaired) electrons. The maximum Gasteiger partial charge on any atom is 0.166 e. The zero-order valence-electron chi connectivity index (χ0n) is 4.09. The molecular formula is C5H9N2+. The fourth-order valence-corrected chi connectivity index (χ4v) is 0.342. The minimum absolute atomic E-state index is 0. The zero-order chi connectivity index (χ0) is 4.24. The van der Waals surface area contributed by atoms with Crippen LogP contribution in [-0.2, 0) is 0 Å². The van der Waals surface area contributed by atoms with E-state index in [-0.39, 0.29) is 6.15 Å². The van der Waals surface area contributed by atoms with Crippen LogP contribution in [0.4, 0.5) is 0 Å². The molecule has 0 fully saturated rings. The first-order chi connectivity index (χ1) is 3.00. The Labute approximate surface area is 42.8 Å². The second kappa shape index (κ2) is 3.31. The minimum atomic E-state index is 0. The quantitative estimate of drug-likeness (QED) is 0.508. The van der Waals surface area contributed by atoms with E-state index in [1.807, 2.05) is 30.6 Å². The van der Waals surface area contributed by atoms with Crippen molar-refractivity contribution in [3.05, 3.63) is 30.6 Å². The lowest BCUT2D eigenvalue weighted by Gasteiger charge is -1.63. The Morgan fingerprint density at radius 3 is 1.57 bits per heavy atom. The van der Waals surface area contributed by atoms with Crippen molar-refractivity contribution in [2.24, 2.45) is 0 Å². The number of pyridine rings is 1. The Morgan fingerprint density at radius 1 is 0.857 bits per heavy atom. The molecule has 0 aromatic carbocycles. The Bertz CT molecular complexity index is 78.0. The number of nitrogens with one attached hydrogen (secondary N) is 1. The van der Waals surface area contributed by atoms with Gasteiger partial charge in [0.25, 0.3) is 0 Å². The van der Waals surface area contributed by atoms with Crippen molar-refractivity contribution in [2.45, 2.75) is 0 Å². The summed E-state index contributed by atoms with van der Waals surface area (Å²) < 4.78 is 0. The largest absolute Gasteiger partial charge is 0.344 e. The average Bonchev–Trinajstić information content (AvgIpc) is 1.72. The SMILES string of the molecule is N.c1cc[nH+]cc1. The van der Waals surface area contributed by atoms with Gasteiger partial charge in [-0.25, -0.2) is 4.98 Å². The maximum atomic E-state index is 2.89. The molecule has 2 heteroatoms. The molecule has 1 rings (SSSR count). The van der Waals surface area contributed by atoms with Crippen molar-refractivity contribution >= 4 is 0 Å². The highest BCUT2D eigenvalue weighted by atomic mass is 14.6. The molecule has 1 aromatic heterocycles. The zero-order valence-corrected chi connectivity index (χ0v) is 4.09. The third-order valence-electron chi connectivity index (χ3n) is 0.607. The molecule has 2 nitrogen and oxygen atoms in total. The van der Waals surface area contributed by atoms with E-state index >= 15 is 0 Å². The van der Waals surface area contributed by atoms with E-state index in [0.29, 0.717) is 0 Å². The number of hydrogen-bond donors (Lipinski definition) is 1. The lowest BCUT2D eigenvalue weighted by Crippen LogP contribution is -1.93. The van der Waals surface area contributed by atoms with Gasteiger partial charge in [0.2, 0.25) is 0 Å². The molecule has 4 N–H and O–H groups in total. The number of H-pyrrole nitrogens is 1. The summed E-state index contributed by atoms with van der Waals surface area (Å²) in [7, 11) is 0. The van der Waals surface area contributed by atoms with Crippen molar-refractivity contribution in [3.8, 4) is 0 Å². The van der Waals surface area contributed by atoms with Crippen LogP contribution >= 0.6 is 0 Å². The predicted octanol–water partition coefficient (Wildman–Crippen LogP) is 0.663. The lowest BCUT2D eigenvalue weighted by molar-refractivity contribution is -0.377. The lowest BCUT2D eigenvalue weighted by atomic mass is 10.5. The van der Waals surface area contributed by atoms with Gasteiger partial charge in [-0.15, -0.1) is 0 Å². The van der Waals surface area contributed by atoms with Gasteiger partial charge in [-0.05, 0) is 0 Å². The fourth-order valence-electron chi connectivity index (χ4n) is 0.342. The van der Waals surface area contributed by atoms with E-state index in [4.69, 9.17) is 0 Å². The molecule has 1 heterocycles. The number of hydrogen-bond acceptors (Lipinski definition) is 1. The van der Waals surface area contributed by atoms with Crippen LogP contribution < -0.4 is 11.1 Å². The normalized spacial score (nSPS) is 6.86. The molecule has 38 valence electrons. The highest BCUT2D eigenvalue weighted by Gasteiger charge is 1.65. The van der Waals surface area contributed by atoms with Gasteiger partial charge in [-0.1, -0.05) is 6.07 Å². The standard InChI is InChI=1S/C5H5N.H3N/c1-2-4-6-5-3-1;/h1-5H;1H3/p+1. The van der Waals surface area contributed by atoms with Crippen LogP contribution in [0, 0.1) is 0 Å². The van der Waals surface area contributed by atoms with E-state index in [9.17, 15) is 0 Å². The third-order valence-corrected chi connectivity index (χ3v) is 0.607. The van der Waals surface area contributed by atoms with E-state index in [0.717, 1.165) is 0 Å². The number of aromatic amines is 1. The molecule has 7 heavy (non-hydrogen) atoms. The summed E-state index contributed by atoms with van der Waals surface area (Å²) in [6, 6.07) is 5.86. The smallest absolute Gasteiger partial charge is 0.166 e. The van der Waals surface area contributed by atoms with Gasteiger partial charge in [-0.2, -0.15) is 0 Å². The van der Waals surface area contributed by atoms with Crippen molar-refractivity contribution in [1.82, 2.24) is 6.15 Å². The molecule has 0 unspecified atom stereocenters. The molecule has 1 aromatic rings. The van der Waals surface area contributed by atoms with Gasteiger partial charge in [0.05, 0.1) is 0 Å². The molecule has 0 bridgehead atoms.